The lowest BCUT2D eigenvalue weighted by Gasteiger charge is -2.18. The fourth-order valence-corrected chi connectivity index (χ4v) is 2.70. The first-order valence-electron chi connectivity index (χ1n) is 6.93. The van der Waals surface area contributed by atoms with Crippen LogP contribution in [0.4, 0.5) is 0 Å². The zero-order valence-corrected chi connectivity index (χ0v) is 12.5. The first kappa shape index (κ1) is 14.5. The highest BCUT2D eigenvalue weighted by Gasteiger charge is 2.39. The molecule has 3 atom stereocenters. The Morgan fingerprint density at radius 1 is 1.26 bits per heavy atom. The van der Waals surface area contributed by atoms with E-state index < -0.39 is 0 Å². The van der Waals surface area contributed by atoms with Gasteiger partial charge in [-0.1, -0.05) is 18.5 Å². The lowest BCUT2D eigenvalue weighted by atomic mass is 10.0. The van der Waals surface area contributed by atoms with Crippen molar-refractivity contribution < 1.29 is 9.47 Å². The van der Waals surface area contributed by atoms with Crippen LogP contribution in [0.25, 0.3) is 0 Å². The molecule has 0 spiro atoms. The third-order valence-corrected chi connectivity index (χ3v) is 3.98. The summed E-state index contributed by atoms with van der Waals surface area (Å²) in [5.74, 6) is 2.64. The van der Waals surface area contributed by atoms with Crippen LogP contribution in [0.3, 0.4) is 0 Å². The standard InChI is InChI=1S/C15H22ClNO2/c1-4-18-13-7-11(15(17)10-6-9(10)3)12(16)8-14(13)19-5-2/h7-10,15H,4-6,17H2,1-3H3. The van der Waals surface area contributed by atoms with Crippen LogP contribution in [0.5, 0.6) is 11.5 Å². The van der Waals surface area contributed by atoms with Crippen molar-refractivity contribution in [3.63, 3.8) is 0 Å². The van der Waals surface area contributed by atoms with E-state index in [1.807, 2.05) is 26.0 Å². The van der Waals surface area contributed by atoms with Gasteiger partial charge in [-0.05, 0) is 43.7 Å². The number of hydrogen-bond acceptors (Lipinski definition) is 3. The number of nitrogens with two attached hydrogens (primary N) is 1. The van der Waals surface area contributed by atoms with Crippen LogP contribution in [-0.4, -0.2) is 13.2 Å². The zero-order valence-electron chi connectivity index (χ0n) is 11.8. The lowest BCUT2D eigenvalue weighted by molar-refractivity contribution is 0.287. The summed E-state index contributed by atoms with van der Waals surface area (Å²) in [5.41, 5.74) is 7.26. The highest BCUT2D eigenvalue weighted by Crippen LogP contribution is 2.48. The van der Waals surface area contributed by atoms with Crippen molar-refractivity contribution in [3.05, 3.63) is 22.7 Å². The van der Waals surface area contributed by atoms with E-state index in [2.05, 4.69) is 6.92 Å². The second kappa shape index (κ2) is 6.02. The Kier molecular flexibility index (Phi) is 4.58. The second-order valence-corrected chi connectivity index (χ2v) is 5.50. The molecule has 106 valence electrons. The lowest BCUT2D eigenvalue weighted by Crippen LogP contribution is -2.14. The van der Waals surface area contributed by atoms with Crippen LogP contribution in [0.1, 0.15) is 38.8 Å². The first-order valence-corrected chi connectivity index (χ1v) is 7.30. The van der Waals surface area contributed by atoms with Crippen LogP contribution in [0.15, 0.2) is 12.1 Å². The Labute approximate surface area is 120 Å². The fourth-order valence-electron chi connectivity index (χ4n) is 2.42. The molecule has 0 bridgehead atoms. The highest BCUT2D eigenvalue weighted by atomic mass is 35.5. The predicted molar refractivity (Wildman–Crippen MR) is 78.0 cm³/mol. The fraction of sp³-hybridized carbons (Fsp3) is 0.600. The molecular formula is C15H22ClNO2. The number of benzene rings is 1. The summed E-state index contributed by atoms with van der Waals surface area (Å²) in [7, 11) is 0. The van der Waals surface area contributed by atoms with Crippen molar-refractivity contribution in [2.75, 3.05) is 13.2 Å². The second-order valence-electron chi connectivity index (χ2n) is 5.09. The molecule has 1 aliphatic rings. The maximum absolute atomic E-state index is 6.34. The molecule has 0 radical (unpaired) electrons. The van der Waals surface area contributed by atoms with Crippen molar-refractivity contribution in [3.8, 4) is 11.5 Å². The van der Waals surface area contributed by atoms with Gasteiger partial charge in [-0.2, -0.15) is 0 Å². The summed E-state index contributed by atoms with van der Waals surface area (Å²) in [5, 5.41) is 0.665. The van der Waals surface area contributed by atoms with Crippen LogP contribution >= 0.6 is 11.6 Å². The quantitative estimate of drug-likeness (QED) is 0.864. The molecule has 1 fully saturated rings. The maximum atomic E-state index is 6.34. The topological polar surface area (TPSA) is 44.5 Å². The van der Waals surface area contributed by atoms with Gasteiger partial charge < -0.3 is 15.2 Å². The predicted octanol–water partition coefficient (Wildman–Crippen LogP) is 3.79. The number of hydrogen-bond donors (Lipinski definition) is 1. The molecule has 0 saturated heterocycles. The first-order chi connectivity index (χ1) is 9.08. The number of halogens is 1. The molecule has 0 aliphatic heterocycles. The maximum Gasteiger partial charge on any atom is 0.162 e. The number of rotatable bonds is 6. The van der Waals surface area contributed by atoms with Crippen molar-refractivity contribution in [1.82, 2.24) is 0 Å². The average Bonchev–Trinajstić information content (AvgIpc) is 3.09. The van der Waals surface area contributed by atoms with E-state index in [9.17, 15) is 0 Å². The minimum Gasteiger partial charge on any atom is -0.490 e. The molecule has 1 aromatic carbocycles. The highest BCUT2D eigenvalue weighted by molar-refractivity contribution is 6.31. The van der Waals surface area contributed by atoms with Crippen LogP contribution < -0.4 is 15.2 Å². The van der Waals surface area contributed by atoms with E-state index in [4.69, 9.17) is 26.8 Å². The van der Waals surface area contributed by atoms with Crippen molar-refractivity contribution in [2.45, 2.75) is 33.2 Å². The minimum absolute atomic E-state index is 0.0163. The van der Waals surface area contributed by atoms with Gasteiger partial charge in [-0.15, -0.1) is 0 Å². The van der Waals surface area contributed by atoms with Crippen LogP contribution in [-0.2, 0) is 0 Å². The van der Waals surface area contributed by atoms with E-state index in [0.717, 1.165) is 11.3 Å². The molecular weight excluding hydrogens is 262 g/mol. The van der Waals surface area contributed by atoms with Gasteiger partial charge in [-0.3, -0.25) is 0 Å². The Hall–Kier alpha value is -0.930. The summed E-state index contributed by atoms with van der Waals surface area (Å²) in [6.07, 6.45) is 1.18. The van der Waals surface area contributed by atoms with Gasteiger partial charge >= 0.3 is 0 Å². The monoisotopic (exact) mass is 283 g/mol. The minimum atomic E-state index is -0.0163. The van der Waals surface area contributed by atoms with Crippen LogP contribution in [0, 0.1) is 11.8 Å². The van der Waals surface area contributed by atoms with Crippen molar-refractivity contribution >= 4 is 11.6 Å². The van der Waals surface area contributed by atoms with E-state index >= 15 is 0 Å². The molecule has 1 aromatic rings. The molecule has 4 heteroatoms. The van der Waals surface area contributed by atoms with Gasteiger partial charge in [0.1, 0.15) is 0 Å². The Morgan fingerprint density at radius 3 is 2.26 bits per heavy atom. The molecule has 2 rings (SSSR count). The SMILES string of the molecule is CCOc1cc(Cl)c(C(N)C2CC2C)cc1OCC. The molecule has 1 aliphatic carbocycles. The van der Waals surface area contributed by atoms with Gasteiger partial charge in [0.05, 0.1) is 13.2 Å². The van der Waals surface area contributed by atoms with Gasteiger partial charge in [-0.25, -0.2) is 0 Å². The zero-order chi connectivity index (χ0) is 14.0. The van der Waals surface area contributed by atoms with Crippen molar-refractivity contribution in [2.24, 2.45) is 17.6 Å². The number of ether oxygens (including phenoxy) is 2. The van der Waals surface area contributed by atoms with Crippen molar-refractivity contribution in [1.29, 1.82) is 0 Å². The Balaban J connectivity index is 2.30. The summed E-state index contributed by atoms with van der Waals surface area (Å²) >= 11 is 6.34. The molecule has 3 nitrogen and oxygen atoms in total. The largest absolute Gasteiger partial charge is 0.490 e. The summed E-state index contributed by atoms with van der Waals surface area (Å²) in [4.78, 5) is 0. The van der Waals surface area contributed by atoms with Gasteiger partial charge in [0, 0.05) is 17.1 Å². The molecule has 0 heterocycles. The smallest absolute Gasteiger partial charge is 0.162 e. The van der Waals surface area contributed by atoms with Crippen LogP contribution in [0.2, 0.25) is 5.02 Å². The molecule has 0 aromatic heterocycles. The third-order valence-electron chi connectivity index (χ3n) is 3.65. The van der Waals surface area contributed by atoms with Gasteiger partial charge in [0.2, 0.25) is 0 Å². The van der Waals surface area contributed by atoms with Gasteiger partial charge in [0.25, 0.3) is 0 Å². The van der Waals surface area contributed by atoms with E-state index in [1.54, 1.807) is 0 Å². The normalized spacial score (nSPS) is 23.0. The molecule has 1 saturated carbocycles. The van der Waals surface area contributed by atoms with E-state index in [0.29, 0.717) is 35.8 Å². The molecule has 19 heavy (non-hydrogen) atoms. The summed E-state index contributed by atoms with van der Waals surface area (Å²) < 4.78 is 11.2. The molecule has 0 amide bonds. The summed E-state index contributed by atoms with van der Waals surface area (Å²) in [6, 6.07) is 3.74. The Morgan fingerprint density at radius 2 is 1.79 bits per heavy atom. The van der Waals surface area contributed by atoms with E-state index in [-0.39, 0.29) is 6.04 Å². The third kappa shape index (κ3) is 3.15. The summed E-state index contributed by atoms with van der Waals surface area (Å²) in [6.45, 7) is 7.29. The van der Waals surface area contributed by atoms with E-state index in [1.165, 1.54) is 6.42 Å². The molecule has 2 N–H and O–H groups in total. The van der Waals surface area contributed by atoms with Gasteiger partial charge in [0.15, 0.2) is 11.5 Å². The molecule has 3 unspecified atom stereocenters. The Bertz CT molecular complexity index is 450. The average molecular weight is 284 g/mol.